The van der Waals surface area contributed by atoms with Crippen molar-refractivity contribution >= 4 is 33.4 Å². The van der Waals surface area contributed by atoms with Crippen molar-refractivity contribution < 1.29 is 9.18 Å². The monoisotopic (exact) mass is 361 g/mol. The lowest BCUT2D eigenvalue weighted by Crippen LogP contribution is -2.35. The Hall–Kier alpha value is -0.610. The summed E-state index contributed by atoms with van der Waals surface area (Å²) in [7, 11) is 0. The molecule has 1 amide bonds. The van der Waals surface area contributed by atoms with E-state index in [1.54, 1.807) is 12.1 Å². The second-order valence-electron chi connectivity index (χ2n) is 5.27. The first-order chi connectivity index (χ1) is 9.63. The van der Waals surface area contributed by atoms with E-state index in [-0.39, 0.29) is 11.5 Å². The molecule has 1 aliphatic rings. The van der Waals surface area contributed by atoms with E-state index in [4.69, 9.17) is 11.6 Å². The highest BCUT2D eigenvalue weighted by molar-refractivity contribution is 9.10. The SMILES string of the molecule is O=C(NCC1CCCCC1CCl)c1c(F)cccc1Br. The van der Waals surface area contributed by atoms with Gasteiger partial charge in [0.05, 0.1) is 5.56 Å². The van der Waals surface area contributed by atoms with E-state index >= 15 is 0 Å². The lowest BCUT2D eigenvalue weighted by Gasteiger charge is -2.30. The molecule has 2 nitrogen and oxygen atoms in total. The molecule has 1 aliphatic carbocycles. The molecule has 0 bridgehead atoms. The summed E-state index contributed by atoms with van der Waals surface area (Å²) in [5, 5.41) is 2.85. The molecule has 1 aromatic carbocycles. The fourth-order valence-corrected chi connectivity index (χ4v) is 3.71. The number of hydrogen-bond acceptors (Lipinski definition) is 1. The quantitative estimate of drug-likeness (QED) is 0.792. The minimum absolute atomic E-state index is 0.0748. The Balaban J connectivity index is 1.98. The highest BCUT2D eigenvalue weighted by Gasteiger charge is 2.25. The maximum atomic E-state index is 13.7. The van der Waals surface area contributed by atoms with E-state index in [1.807, 2.05) is 0 Å². The molecule has 2 atom stereocenters. The number of carbonyl (C=O) groups excluding carboxylic acids is 1. The third kappa shape index (κ3) is 3.73. The predicted octanol–water partition coefficient (Wildman–Crippen LogP) is 4.36. The summed E-state index contributed by atoms with van der Waals surface area (Å²) in [6.45, 7) is 0.566. The standard InChI is InChI=1S/C15H18BrClFNO/c16-12-6-3-7-13(18)14(12)15(20)19-9-11-5-2-1-4-10(11)8-17/h3,6-7,10-11H,1-2,4-5,8-9H2,(H,19,20). The largest absolute Gasteiger partial charge is 0.352 e. The third-order valence-corrected chi connectivity index (χ3v) is 5.04. The molecule has 0 aliphatic heterocycles. The van der Waals surface area contributed by atoms with Gasteiger partial charge in [-0.15, -0.1) is 11.6 Å². The van der Waals surface area contributed by atoms with Gasteiger partial charge in [0.1, 0.15) is 5.82 Å². The maximum absolute atomic E-state index is 13.7. The van der Waals surface area contributed by atoms with Crippen LogP contribution in [0.3, 0.4) is 0 Å². The van der Waals surface area contributed by atoms with Crippen molar-refractivity contribution in [2.24, 2.45) is 11.8 Å². The van der Waals surface area contributed by atoms with Gasteiger partial charge < -0.3 is 5.32 Å². The maximum Gasteiger partial charge on any atom is 0.255 e. The average molecular weight is 363 g/mol. The number of halogens is 3. The first kappa shape index (κ1) is 15.8. The van der Waals surface area contributed by atoms with Gasteiger partial charge in [-0.05, 0) is 52.7 Å². The van der Waals surface area contributed by atoms with Gasteiger partial charge in [-0.2, -0.15) is 0 Å². The van der Waals surface area contributed by atoms with Crippen LogP contribution in [0, 0.1) is 17.7 Å². The van der Waals surface area contributed by atoms with Crippen molar-refractivity contribution in [3.8, 4) is 0 Å². The number of nitrogens with one attached hydrogen (secondary N) is 1. The van der Waals surface area contributed by atoms with Gasteiger partial charge in [-0.1, -0.05) is 18.9 Å². The molecule has 0 aromatic heterocycles. The van der Waals surface area contributed by atoms with Crippen LogP contribution in [0.2, 0.25) is 0 Å². The van der Waals surface area contributed by atoms with Crippen molar-refractivity contribution in [2.45, 2.75) is 25.7 Å². The van der Waals surface area contributed by atoms with Gasteiger partial charge in [0.2, 0.25) is 0 Å². The van der Waals surface area contributed by atoms with Crippen LogP contribution in [-0.2, 0) is 0 Å². The Morgan fingerprint density at radius 1 is 1.35 bits per heavy atom. The molecule has 0 spiro atoms. The second-order valence-corrected chi connectivity index (χ2v) is 6.43. The van der Waals surface area contributed by atoms with Crippen LogP contribution in [0.1, 0.15) is 36.0 Å². The first-order valence-corrected chi connectivity index (χ1v) is 8.24. The van der Waals surface area contributed by atoms with Crippen molar-refractivity contribution in [2.75, 3.05) is 12.4 Å². The Kier molecular flexibility index (Phi) is 5.85. The number of alkyl halides is 1. The van der Waals surface area contributed by atoms with Gasteiger partial charge in [0, 0.05) is 16.9 Å². The smallest absolute Gasteiger partial charge is 0.255 e. The van der Waals surface area contributed by atoms with Gasteiger partial charge in [-0.3, -0.25) is 4.79 Å². The molecule has 110 valence electrons. The highest BCUT2D eigenvalue weighted by atomic mass is 79.9. The number of amides is 1. The van der Waals surface area contributed by atoms with Gasteiger partial charge in [0.15, 0.2) is 0 Å². The van der Waals surface area contributed by atoms with E-state index < -0.39 is 5.82 Å². The fourth-order valence-electron chi connectivity index (χ4n) is 2.78. The van der Waals surface area contributed by atoms with Gasteiger partial charge in [0.25, 0.3) is 5.91 Å². The topological polar surface area (TPSA) is 29.1 Å². The zero-order valence-electron chi connectivity index (χ0n) is 11.2. The third-order valence-electron chi connectivity index (χ3n) is 3.98. The van der Waals surface area contributed by atoms with Crippen molar-refractivity contribution in [3.05, 3.63) is 34.1 Å². The van der Waals surface area contributed by atoms with Crippen LogP contribution in [0.4, 0.5) is 4.39 Å². The van der Waals surface area contributed by atoms with Gasteiger partial charge in [-0.25, -0.2) is 4.39 Å². The lowest BCUT2D eigenvalue weighted by atomic mass is 9.80. The summed E-state index contributed by atoms with van der Waals surface area (Å²) in [6, 6.07) is 4.53. The fraction of sp³-hybridized carbons (Fsp3) is 0.533. The van der Waals surface area contributed by atoms with Crippen LogP contribution in [-0.4, -0.2) is 18.3 Å². The lowest BCUT2D eigenvalue weighted by molar-refractivity contribution is 0.0932. The normalized spacial score (nSPS) is 22.6. The van der Waals surface area contributed by atoms with Crippen LogP contribution in [0.25, 0.3) is 0 Å². The average Bonchev–Trinajstić information content (AvgIpc) is 2.45. The van der Waals surface area contributed by atoms with Gasteiger partial charge >= 0.3 is 0 Å². The van der Waals surface area contributed by atoms with Crippen LogP contribution in [0.15, 0.2) is 22.7 Å². The van der Waals surface area contributed by atoms with Crippen molar-refractivity contribution in [1.29, 1.82) is 0 Å². The summed E-state index contributed by atoms with van der Waals surface area (Å²) in [4.78, 5) is 12.1. The van der Waals surface area contributed by atoms with Crippen LogP contribution in [0.5, 0.6) is 0 Å². The molecule has 1 fully saturated rings. The predicted molar refractivity (Wildman–Crippen MR) is 82.6 cm³/mol. The number of rotatable bonds is 4. The van der Waals surface area contributed by atoms with E-state index in [0.29, 0.717) is 28.7 Å². The zero-order valence-corrected chi connectivity index (χ0v) is 13.5. The molecule has 0 heterocycles. The molecule has 1 aromatic rings. The van der Waals surface area contributed by atoms with E-state index in [0.717, 1.165) is 12.8 Å². The van der Waals surface area contributed by atoms with Crippen LogP contribution < -0.4 is 5.32 Å². The van der Waals surface area contributed by atoms with Crippen molar-refractivity contribution in [1.82, 2.24) is 5.32 Å². The van der Waals surface area contributed by atoms with E-state index in [2.05, 4.69) is 21.2 Å². The highest BCUT2D eigenvalue weighted by Crippen LogP contribution is 2.30. The molecule has 0 radical (unpaired) electrons. The minimum atomic E-state index is -0.505. The minimum Gasteiger partial charge on any atom is -0.352 e. The van der Waals surface area contributed by atoms with Crippen LogP contribution >= 0.6 is 27.5 Å². The number of benzene rings is 1. The molecule has 2 unspecified atom stereocenters. The zero-order chi connectivity index (χ0) is 14.5. The molecular formula is C15H18BrClFNO. The molecule has 20 heavy (non-hydrogen) atoms. The summed E-state index contributed by atoms with van der Waals surface area (Å²) < 4.78 is 14.2. The summed E-state index contributed by atoms with van der Waals surface area (Å²) in [6.07, 6.45) is 4.58. The van der Waals surface area contributed by atoms with E-state index in [1.165, 1.54) is 18.9 Å². The Bertz CT molecular complexity index is 463. The first-order valence-electron chi connectivity index (χ1n) is 6.91. The summed E-state index contributed by atoms with van der Waals surface area (Å²) in [5.74, 6) is 0.609. The summed E-state index contributed by atoms with van der Waals surface area (Å²) in [5.41, 5.74) is 0.0748. The Labute approximate surface area is 132 Å². The molecular weight excluding hydrogens is 345 g/mol. The molecule has 1 saturated carbocycles. The Morgan fingerprint density at radius 2 is 2.05 bits per heavy atom. The summed E-state index contributed by atoms with van der Waals surface area (Å²) >= 11 is 9.19. The Morgan fingerprint density at radius 3 is 2.70 bits per heavy atom. The molecule has 2 rings (SSSR count). The second kappa shape index (κ2) is 7.41. The molecule has 1 N–H and O–H groups in total. The molecule has 5 heteroatoms. The van der Waals surface area contributed by atoms with Crippen molar-refractivity contribution in [3.63, 3.8) is 0 Å². The number of hydrogen-bond donors (Lipinski definition) is 1. The van der Waals surface area contributed by atoms with E-state index in [9.17, 15) is 9.18 Å². The molecule has 0 saturated heterocycles. The number of carbonyl (C=O) groups is 1.